The Labute approximate surface area is 126 Å². The summed E-state index contributed by atoms with van der Waals surface area (Å²) in [5, 5.41) is 0. The van der Waals surface area contributed by atoms with Gasteiger partial charge >= 0.3 is 0 Å². The maximum absolute atomic E-state index is 12.0. The molecule has 0 saturated heterocycles. The molecule has 6 heteroatoms. The summed E-state index contributed by atoms with van der Waals surface area (Å²) in [5.74, 6) is 0.685. The highest BCUT2D eigenvalue weighted by molar-refractivity contribution is 8.00. The number of benzene rings is 1. The van der Waals surface area contributed by atoms with Crippen LogP contribution in [0.2, 0.25) is 0 Å². The number of hydrogen-bond donors (Lipinski definition) is 2. The lowest BCUT2D eigenvalue weighted by molar-refractivity contribution is 0.513. The van der Waals surface area contributed by atoms with Gasteiger partial charge in [0.2, 0.25) is 10.0 Å². The van der Waals surface area contributed by atoms with Crippen LogP contribution in [0.4, 0.5) is 5.69 Å². The second kappa shape index (κ2) is 8.54. The van der Waals surface area contributed by atoms with Gasteiger partial charge in [0.05, 0.1) is 5.75 Å². The molecule has 1 aromatic carbocycles. The fraction of sp³-hybridized carbons (Fsp3) is 0.571. The molecular formula is C14H24N2O2S2. The molecule has 1 atom stereocenters. The quantitative estimate of drug-likeness (QED) is 0.543. The summed E-state index contributed by atoms with van der Waals surface area (Å²) in [7, 11) is -3.19. The summed E-state index contributed by atoms with van der Waals surface area (Å²) in [6.07, 6.45) is 2.71. The first-order valence-corrected chi connectivity index (χ1v) is 9.59. The van der Waals surface area contributed by atoms with E-state index in [1.54, 1.807) is 0 Å². The van der Waals surface area contributed by atoms with Gasteiger partial charge in [0.25, 0.3) is 0 Å². The average molecular weight is 316 g/mol. The van der Waals surface area contributed by atoms with Crippen LogP contribution in [0.3, 0.4) is 0 Å². The zero-order valence-corrected chi connectivity index (χ0v) is 13.8. The molecule has 3 N–H and O–H groups in total. The van der Waals surface area contributed by atoms with Crippen molar-refractivity contribution in [3.8, 4) is 0 Å². The van der Waals surface area contributed by atoms with Crippen molar-refractivity contribution >= 4 is 27.5 Å². The minimum Gasteiger partial charge on any atom is -0.399 e. The van der Waals surface area contributed by atoms with E-state index in [4.69, 9.17) is 5.73 Å². The number of thioether (sulfide) groups is 1. The maximum Gasteiger partial charge on any atom is 0.212 e. The normalized spacial score (nSPS) is 13.3. The predicted octanol–water partition coefficient (Wildman–Crippen LogP) is 2.86. The molecule has 0 aliphatic heterocycles. The van der Waals surface area contributed by atoms with Crippen LogP contribution in [0.1, 0.15) is 33.1 Å². The molecule has 20 heavy (non-hydrogen) atoms. The van der Waals surface area contributed by atoms with Crippen molar-refractivity contribution in [3.63, 3.8) is 0 Å². The molecule has 114 valence electrons. The van der Waals surface area contributed by atoms with Gasteiger partial charge in [-0.3, -0.25) is 0 Å². The monoisotopic (exact) mass is 316 g/mol. The van der Waals surface area contributed by atoms with Gasteiger partial charge in [-0.1, -0.05) is 20.3 Å². The molecule has 4 nitrogen and oxygen atoms in total. The highest BCUT2D eigenvalue weighted by Crippen LogP contribution is 2.19. The zero-order chi connectivity index (χ0) is 15.0. The van der Waals surface area contributed by atoms with Gasteiger partial charge in [0, 0.05) is 22.4 Å². The Morgan fingerprint density at radius 1 is 1.25 bits per heavy atom. The van der Waals surface area contributed by atoms with Crippen molar-refractivity contribution in [2.24, 2.45) is 0 Å². The summed E-state index contributed by atoms with van der Waals surface area (Å²) < 4.78 is 26.7. The highest BCUT2D eigenvalue weighted by atomic mass is 32.2. The molecule has 0 aromatic heterocycles. The van der Waals surface area contributed by atoms with Gasteiger partial charge in [-0.15, -0.1) is 11.8 Å². The van der Waals surface area contributed by atoms with Gasteiger partial charge in [0.1, 0.15) is 0 Å². The standard InChI is InChI=1S/C14H24N2O2S2/c1-3-5-13(4-2)16-20(17,18)11-10-19-14-8-6-12(15)7-9-14/h6-9,13,16H,3-5,10-11,15H2,1-2H3. The van der Waals surface area contributed by atoms with E-state index >= 15 is 0 Å². The molecule has 0 spiro atoms. The molecule has 0 aliphatic rings. The number of anilines is 1. The second-order valence-corrected chi connectivity index (χ2v) is 7.79. The topological polar surface area (TPSA) is 72.2 Å². The Bertz CT molecular complexity index is 486. The Hall–Kier alpha value is -0.720. The number of sulfonamides is 1. The van der Waals surface area contributed by atoms with Crippen molar-refractivity contribution in [1.82, 2.24) is 4.72 Å². The van der Waals surface area contributed by atoms with E-state index in [1.165, 1.54) is 11.8 Å². The van der Waals surface area contributed by atoms with Crippen LogP contribution in [-0.4, -0.2) is 26.0 Å². The SMILES string of the molecule is CCCC(CC)NS(=O)(=O)CCSc1ccc(N)cc1. The summed E-state index contributed by atoms with van der Waals surface area (Å²) in [6, 6.07) is 7.52. The molecule has 1 aromatic rings. The van der Waals surface area contributed by atoms with E-state index in [9.17, 15) is 8.42 Å². The lowest BCUT2D eigenvalue weighted by Crippen LogP contribution is -2.36. The Morgan fingerprint density at radius 2 is 1.90 bits per heavy atom. The number of nitrogens with one attached hydrogen (secondary N) is 1. The number of hydrogen-bond acceptors (Lipinski definition) is 4. The molecule has 0 radical (unpaired) electrons. The fourth-order valence-electron chi connectivity index (χ4n) is 1.84. The smallest absolute Gasteiger partial charge is 0.212 e. The molecule has 0 bridgehead atoms. The molecule has 1 rings (SSSR count). The average Bonchev–Trinajstić information content (AvgIpc) is 2.40. The summed E-state index contributed by atoms with van der Waals surface area (Å²) in [4.78, 5) is 1.04. The van der Waals surface area contributed by atoms with Crippen molar-refractivity contribution in [2.45, 2.75) is 44.0 Å². The van der Waals surface area contributed by atoms with Crippen LogP contribution < -0.4 is 10.5 Å². The van der Waals surface area contributed by atoms with E-state index in [0.717, 1.165) is 24.2 Å². The van der Waals surface area contributed by atoms with E-state index in [1.807, 2.05) is 31.2 Å². The lowest BCUT2D eigenvalue weighted by Gasteiger charge is -2.16. The van der Waals surface area contributed by atoms with Crippen molar-refractivity contribution < 1.29 is 8.42 Å². The molecular weight excluding hydrogens is 292 g/mol. The van der Waals surface area contributed by atoms with Crippen LogP contribution in [0.15, 0.2) is 29.2 Å². The van der Waals surface area contributed by atoms with Crippen LogP contribution in [0, 0.1) is 0 Å². The summed E-state index contributed by atoms with van der Waals surface area (Å²) in [6.45, 7) is 4.07. The van der Waals surface area contributed by atoms with E-state index in [2.05, 4.69) is 11.6 Å². The van der Waals surface area contributed by atoms with Crippen LogP contribution in [-0.2, 0) is 10.0 Å². The molecule has 0 saturated carbocycles. The third-order valence-electron chi connectivity index (χ3n) is 2.98. The van der Waals surface area contributed by atoms with Gasteiger partial charge in [0.15, 0.2) is 0 Å². The summed E-state index contributed by atoms with van der Waals surface area (Å²) in [5.41, 5.74) is 6.32. The molecule has 0 fully saturated rings. The van der Waals surface area contributed by atoms with Crippen LogP contribution in [0.5, 0.6) is 0 Å². The molecule has 0 heterocycles. The maximum atomic E-state index is 12.0. The van der Waals surface area contributed by atoms with Gasteiger partial charge in [-0.05, 0) is 37.1 Å². The number of rotatable bonds is 9. The molecule has 1 unspecified atom stereocenters. The predicted molar refractivity (Wildman–Crippen MR) is 87.5 cm³/mol. The van der Waals surface area contributed by atoms with Crippen LogP contribution in [0.25, 0.3) is 0 Å². The first kappa shape index (κ1) is 17.3. The largest absolute Gasteiger partial charge is 0.399 e. The molecule has 0 aliphatic carbocycles. The van der Waals surface area contributed by atoms with Crippen LogP contribution >= 0.6 is 11.8 Å². The van der Waals surface area contributed by atoms with Gasteiger partial charge < -0.3 is 5.73 Å². The summed E-state index contributed by atoms with van der Waals surface area (Å²) >= 11 is 1.53. The Kier molecular flexibility index (Phi) is 7.40. The first-order valence-electron chi connectivity index (χ1n) is 6.95. The van der Waals surface area contributed by atoms with Gasteiger partial charge in [-0.25, -0.2) is 13.1 Å². The minimum atomic E-state index is -3.19. The van der Waals surface area contributed by atoms with Crippen molar-refractivity contribution in [3.05, 3.63) is 24.3 Å². The van der Waals surface area contributed by atoms with E-state index < -0.39 is 10.0 Å². The third-order valence-corrected chi connectivity index (χ3v) is 5.68. The minimum absolute atomic E-state index is 0.0616. The first-order chi connectivity index (χ1) is 9.46. The molecule has 0 amide bonds. The van der Waals surface area contributed by atoms with Crippen molar-refractivity contribution in [1.29, 1.82) is 0 Å². The third kappa shape index (κ3) is 6.63. The second-order valence-electron chi connectivity index (χ2n) is 4.75. The Balaban J connectivity index is 2.41. The highest BCUT2D eigenvalue weighted by Gasteiger charge is 2.15. The van der Waals surface area contributed by atoms with E-state index in [0.29, 0.717) is 11.4 Å². The van der Waals surface area contributed by atoms with Crippen molar-refractivity contribution in [2.75, 3.05) is 17.2 Å². The fourth-order valence-corrected chi connectivity index (χ4v) is 4.53. The number of nitrogen functional groups attached to an aromatic ring is 1. The van der Waals surface area contributed by atoms with Gasteiger partial charge in [-0.2, -0.15) is 0 Å². The number of nitrogens with two attached hydrogens (primary N) is 1. The lowest BCUT2D eigenvalue weighted by atomic mass is 10.1. The Morgan fingerprint density at radius 3 is 2.45 bits per heavy atom. The zero-order valence-electron chi connectivity index (χ0n) is 12.1. The van der Waals surface area contributed by atoms with E-state index in [-0.39, 0.29) is 11.8 Å².